The van der Waals surface area contributed by atoms with Gasteiger partial charge in [-0.15, -0.1) is 12.3 Å². The van der Waals surface area contributed by atoms with E-state index in [1.54, 1.807) is 0 Å². The molecular formula is C11H17NO4. The Hall–Kier alpha value is -1.54. The third-order valence-electron chi connectivity index (χ3n) is 2.03. The molecule has 0 aliphatic carbocycles. The maximum atomic E-state index is 11.3. The van der Waals surface area contributed by atoms with Crippen LogP contribution in [0.15, 0.2) is 0 Å². The van der Waals surface area contributed by atoms with Crippen molar-refractivity contribution in [1.29, 1.82) is 0 Å². The minimum atomic E-state index is -1.13. The molecule has 1 atom stereocenters. The highest BCUT2D eigenvalue weighted by Gasteiger charge is 2.18. The van der Waals surface area contributed by atoms with Gasteiger partial charge in [0.2, 0.25) is 5.91 Å². The number of hydrogen-bond donors (Lipinski definition) is 3. The molecule has 0 saturated heterocycles. The molecule has 0 aliphatic heterocycles. The van der Waals surface area contributed by atoms with Crippen molar-refractivity contribution in [3.8, 4) is 12.3 Å². The highest BCUT2D eigenvalue weighted by molar-refractivity contribution is 5.83. The lowest BCUT2D eigenvalue weighted by molar-refractivity contribution is -0.142. The molecule has 16 heavy (non-hydrogen) atoms. The predicted molar refractivity (Wildman–Crippen MR) is 58.6 cm³/mol. The van der Waals surface area contributed by atoms with Crippen molar-refractivity contribution in [2.24, 2.45) is 0 Å². The molecule has 0 rings (SSSR count). The van der Waals surface area contributed by atoms with Gasteiger partial charge in [0, 0.05) is 25.9 Å². The zero-order valence-electron chi connectivity index (χ0n) is 9.11. The van der Waals surface area contributed by atoms with Crippen LogP contribution >= 0.6 is 0 Å². The predicted octanol–water partition coefficient (Wildman–Crippen LogP) is 0.132. The van der Waals surface area contributed by atoms with Crippen molar-refractivity contribution in [2.75, 3.05) is 6.61 Å². The molecule has 5 nitrogen and oxygen atoms in total. The summed E-state index contributed by atoms with van der Waals surface area (Å²) < 4.78 is 0. The Kier molecular flexibility index (Phi) is 7.90. The van der Waals surface area contributed by atoms with E-state index in [9.17, 15) is 9.59 Å². The molecule has 0 aromatic heterocycles. The molecule has 3 N–H and O–H groups in total. The second kappa shape index (κ2) is 8.74. The number of carbonyl (C=O) groups is 2. The van der Waals surface area contributed by atoms with E-state index in [1.165, 1.54) is 0 Å². The molecule has 0 bridgehead atoms. The second-order valence-corrected chi connectivity index (χ2v) is 3.38. The summed E-state index contributed by atoms with van der Waals surface area (Å²) in [5, 5.41) is 19.7. The van der Waals surface area contributed by atoms with E-state index in [-0.39, 0.29) is 25.4 Å². The fourth-order valence-electron chi connectivity index (χ4n) is 1.17. The minimum absolute atomic E-state index is 0.0193. The van der Waals surface area contributed by atoms with Crippen LogP contribution in [0.2, 0.25) is 0 Å². The number of aliphatic carboxylic acids is 1. The van der Waals surface area contributed by atoms with Crippen LogP contribution in [0.1, 0.15) is 32.1 Å². The first-order valence-electron chi connectivity index (χ1n) is 5.18. The molecule has 0 saturated carbocycles. The van der Waals surface area contributed by atoms with Gasteiger partial charge in [-0.1, -0.05) is 0 Å². The fraction of sp³-hybridized carbons (Fsp3) is 0.636. The third-order valence-corrected chi connectivity index (χ3v) is 2.03. The van der Waals surface area contributed by atoms with Crippen LogP contribution in [0.3, 0.4) is 0 Å². The quantitative estimate of drug-likeness (QED) is 0.406. The van der Waals surface area contributed by atoms with Gasteiger partial charge in [0.25, 0.3) is 0 Å². The van der Waals surface area contributed by atoms with E-state index in [4.69, 9.17) is 16.6 Å². The number of amides is 1. The van der Waals surface area contributed by atoms with Crippen LogP contribution in [-0.2, 0) is 9.59 Å². The molecule has 0 aliphatic rings. The first kappa shape index (κ1) is 14.5. The number of rotatable bonds is 8. The average molecular weight is 227 g/mol. The summed E-state index contributed by atoms with van der Waals surface area (Å²) in [4.78, 5) is 21.9. The van der Waals surface area contributed by atoms with Crippen molar-refractivity contribution in [2.45, 2.75) is 38.1 Å². The van der Waals surface area contributed by atoms with Gasteiger partial charge in [-0.25, -0.2) is 4.79 Å². The van der Waals surface area contributed by atoms with E-state index < -0.39 is 12.0 Å². The van der Waals surface area contributed by atoms with Crippen molar-refractivity contribution in [3.63, 3.8) is 0 Å². The summed E-state index contributed by atoms with van der Waals surface area (Å²) in [7, 11) is 0. The number of carboxylic acids is 1. The normalized spacial score (nSPS) is 11.5. The smallest absolute Gasteiger partial charge is 0.326 e. The summed E-state index contributed by atoms with van der Waals surface area (Å²) in [6.45, 7) is -0.270. The zero-order chi connectivity index (χ0) is 12.4. The Morgan fingerprint density at radius 2 is 2.06 bits per heavy atom. The molecule has 0 aromatic carbocycles. The Bertz CT molecular complexity index is 270. The highest BCUT2D eigenvalue weighted by atomic mass is 16.4. The Labute approximate surface area is 94.8 Å². The van der Waals surface area contributed by atoms with Gasteiger partial charge >= 0.3 is 5.97 Å². The summed E-state index contributed by atoms with van der Waals surface area (Å²) in [6.07, 6.45) is 7.34. The van der Waals surface area contributed by atoms with Crippen molar-refractivity contribution in [1.82, 2.24) is 5.32 Å². The number of carbonyl (C=O) groups excluding carboxylic acids is 1. The summed E-state index contributed by atoms with van der Waals surface area (Å²) >= 11 is 0. The van der Waals surface area contributed by atoms with Crippen LogP contribution in [0, 0.1) is 12.3 Å². The van der Waals surface area contributed by atoms with Crippen molar-refractivity contribution >= 4 is 11.9 Å². The Morgan fingerprint density at radius 1 is 1.38 bits per heavy atom. The summed E-state index contributed by atoms with van der Waals surface area (Å²) in [5.74, 6) is 1.01. The van der Waals surface area contributed by atoms with Gasteiger partial charge in [-0.05, 0) is 12.8 Å². The zero-order valence-corrected chi connectivity index (χ0v) is 9.11. The topological polar surface area (TPSA) is 86.6 Å². The third kappa shape index (κ3) is 6.85. The van der Waals surface area contributed by atoms with E-state index in [0.29, 0.717) is 12.8 Å². The molecule has 0 radical (unpaired) electrons. The molecule has 90 valence electrons. The summed E-state index contributed by atoms with van der Waals surface area (Å²) in [5.41, 5.74) is 0. The Morgan fingerprint density at radius 3 is 2.56 bits per heavy atom. The number of hydrogen-bond acceptors (Lipinski definition) is 3. The molecule has 0 spiro atoms. The monoisotopic (exact) mass is 227 g/mol. The van der Waals surface area contributed by atoms with Gasteiger partial charge in [-0.2, -0.15) is 0 Å². The number of carboxylic acid groups (broad SMARTS) is 1. The lowest BCUT2D eigenvalue weighted by Crippen LogP contribution is -2.41. The SMILES string of the molecule is C#CCCCCC(=O)N[C@H](CCO)C(=O)O. The molecule has 5 heteroatoms. The maximum absolute atomic E-state index is 11.3. The molecular weight excluding hydrogens is 210 g/mol. The number of nitrogens with one attached hydrogen (secondary N) is 1. The van der Waals surface area contributed by atoms with Gasteiger partial charge in [0.15, 0.2) is 0 Å². The number of aliphatic hydroxyl groups is 1. The van der Waals surface area contributed by atoms with Gasteiger partial charge < -0.3 is 15.5 Å². The van der Waals surface area contributed by atoms with Crippen LogP contribution in [0.5, 0.6) is 0 Å². The highest BCUT2D eigenvalue weighted by Crippen LogP contribution is 2.00. The number of unbranched alkanes of at least 4 members (excludes halogenated alkanes) is 2. The van der Waals surface area contributed by atoms with E-state index in [0.717, 1.165) is 6.42 Å². The molecule has 1 amide bonds. The van der Waals surface area contributed by atoms with Crippen LogP contribution in [-0.4, -0.2) is 34.7 Å². The molecule has 0 aromatic rings. The Balaban J connectivity index is 3.83. The van der Waals surface area contributed by atoms with E-state index in [1.807, 2.05) is 0 Å². The maximum Gasteiger partial charge on any atom is 0.326 e. The van der Waals surface area contributed by atoms with Crippen molar-refractivity contribution < 1.29 is 19.8 Å². The fourth-order valence-corrected chi connectivity index (χ4v) is 1.17. The first-order chi connectivity index (χ1) is 7.61. The largest absolute Gasteiger partial charge is 0.480 e. The second-order valence-electron chi connectivity index (χ2n) is 3.38. The van der Waals surface area contributed by atoms with Crippen LogP contribution in [0.4, 0.5) is 0 Å². The van der Waals surface area contributed by atoms with Gasteiger partial charge in [-0.3, -0.25) is 4.79 Å². The average Bonchev–Trinajstić information content (AvgIpc) is 2.23. The van der Waals surface area contributed by atoms with Gasteiger partial charge in [0.1, 0.15) is 6.04 Å². The molecule has 0 heterocycles. The lowest BCUT2D eigenvalue weighted by atomic mass is 10.1. The molecule has 0 fully saturated rings. The van der Waals surface area contributed by atoms with Gasteiger partial charge in [0.05, 0.1) is 0 Å². The van der Waals surface area contributed by atoms with Crippen molar-refractivity contribution in [3.05, 3.63) is 0 Å². The number of terminal acetylenes is 1. The van der Waals surface area contributed by atoms with Crippen LogP contribution < -0.4 is 5.32 Å². The summed E-state index contributed by atoms with van der Waals surface area (Å²) in [6, 6.07) is -1.01. The first-order valence-corrected chi connectivity index (χ1v) is 5.18. The molecule has 0 unspecified atom stereocenters. The van der Waals surface area contributed by atoms with Crippen LogP contribution in [0.25, 0.3) is 0 Å². The lowest BCUT2D eigenvalue weighted by Gasteiger charge is -2.12. The standard InChI is InChI=1S/C11H17NO4/c1-2-3-4-5-6-10(14)12-9(7-8-13)11(15)16/h1,9,13H,3-8H2,(H,12,14)(H,15,16)/t9-/m1/s1. The van der Waals surface area contributed by atoms with E-state index >= 15 is 0 Å². The van der Waals surface area contributed by atoms with E-state index in [2.05, 4.69) is 11.2 Å². The number of aliphatic hydroxyl groups excluding tert-OH is 1. The minimum Gasteiger partial charge on any atom is -0.480 e.